The van der Waals surface area contributed by atoms with Gasteiger partial charge in [0.2, 0.25) is 11.8 Å². The number of ether oxygens (including phenoxy) is 2. The molecule has 5 N–H and O–H groups in total. The van der Waals surface area contributed by atoms with Gasteiger partial charge in [-0.3, -0.25) is 19.9 Å². The van der Waals surface area contributed by atoms with E-state index in [1.54, 1.807) is 17.2 Å². The number of unbranched alkanes of at least 4 members (excludes halogenated alkanes) is 3. The van der Waals surface area contributed by atoms with Crippen LogP contribution in [-0.2, 0) is 32.2 Å². The molecular weight excluding hydrogens is 546 g/mol. The molecule has 0 radical (unpaired) electrons. The van der Waals surface area contributed by atoms with Crippen molar-refractivity contribution in [1.29, 1.82) is 0 Å². The first-order valence-corrected chi connectivity index (χ1v) is 14.8. The van der Waals surface area contributed by atoms with Crippen molar-refractivity contribution in [3.8, 4) is 0 Å². The fourth-order valence-corrected chi connectivity index (χ4v) is 5.32. The van der Waals surface area contributed by atoms with Crippen LogP contribution in [0.1, 0.15) is 79.6 Å². The lowest BCUT2D eigenvalue weighted by Gasteiger charge is -2.36. The number of aliphatic hydroxyl groups is 1. The minimum Gasteiger partial charge on any atom is -0.392 e. The van der Waals surface area contributed by atoms with Crippen LogP contribution in [0.15, 0.2) is 60.0 Å². The molecule has 1 aromatic heterocycles. The highest BCUT2D eigenvalue weighted by Gasteiger charge is 2.32. The van der Waals surface area contributed by atoms with Gasteiger partial charge in [-0.05, 0) is 29.5 Å². The maximum atomic E-state index is 12.2. The van der Waals surface area contributed by atoms with Crippen molar-refractivity contribution >= 4 is 23.6 Å². The van der Waals surface area contributed by atoms with E-state index in [9.17, 15) is 14.7 Å². The molecule has 1 saturated heterocycles. The lowest BCUT2D eigenvalue weighted by molar-refractivity contribution is -0.245. The van der Waals surface area contributed by atoms with Gasteiger partial charge in [0.1, 0.15) is 6.33 Å². The second kappa shape index (κ2) is 16.2. The van der Waals surface area contributed by atoms with Crippen LogP contribution in [0.3, 0.4) is 0 Å². The summed E-state index contributed by atoms with van der Waals surface area (Å²) < 4.78 is 12.7. The van der Waals surface area contributed by atoms with Crippen LogP contribution in [0.25, 0.3) is 0 Å². The van der Waals surface area contributed by atoms with Crippen molar-refractivity contribution in [2.75, 3.05) is 5.75 Å². The quantitative estimate of drug-likeness (QED) is 0.0769. The van der Waals surface area contributed by atoms with Crippen LogP contribution in [0.2, 0.25) is 0 Å². The van der Waals surface area contributed by atoms with Crippen molar-refractivity contribution in [2.45, 2.75) is 81.8 Å². The van der Waals surface area contributed by atoms with Crippen LogP contribution in [0.5, 0.6) is 0 Å². The number of benzene rings is 2. The molecule has 220 valence electrons. The molecule has 3 aromatic rings. The van der Waals surface area contributed by atoms with Crippen molar-refractivity contribution in [1.82, 2.24) is 26.0 Å². The van der Waals surface area contributed by atoms with Gasteiger partial charge in [0.05, 0.1) is 18.8 Å². The molecular formula is C29H37N5O6S. The molecule has 4 rings (SSSR count). The molecule has 0 bridgehead atoms. The summed E-state index contributed by atoms with van der Waals surface area (Å²) >= 11 is 1.55. The van der Waals surface area contributed by atoms with Gasteiger partial charge in [-0.2, -0.15) is 5.10 Å². The first kappa shape index (κ1) is 30.7. The first-order chi connectivity index (χ1) is 20.0. The lowest BCUT2D eigenvalue weighted by atomic mass is 10.0. The molecule has 2 aromatic carbocycles. The number of nitrogens with zero attached hydrogens (tertiary/aromatic N) is 2. The largest absolute Gasteiger partial charge is 0.392 e. The number of hydrogen-bond acceptors (Lipinski definition) is 9. The number of amides is 2. The number of hydroxylamine groups is 1. The zero-order valence-corrected chi connectivity index (χ0v) is 23.6. The van der Waals surface area contributed by atoms with Gasteiger partial charge < -0.3 is 19.9 Å². The number of aliphatic hydroxyl groups excluding tert-OH is 1. The van der Waals surface area contributed by atoms with Gasteiger partial charge in [-0.1, -0.05) is 73.1 Å². The number of nitrogens with one attached hydrogen (secondary N) is 3. The van der Waals surface area contributed by atoms with Crippen LogP contribution >= 0.6 is 11.8 Å². The zero-order chi connectivity index (χ0) is 28.9. The molecule has 0 aliphatic carbocycles. The highest BCUT2D eigenvalue weighted by molar-refractivity contribution is 7.99. The van der Waals surface area contributed by atoms with Crippen LogP contribution in [-0.4, -0.2) is 49.2 Å². The molecule has 3 unspecified atom stereocenters. The summed E-state index contributed by atoms with van der Waals surface area (Å²) in [5.74, 6) is 0.288. The summed E-state index contributed by atoms with van der Waals surface area (Å²) in [6.45, 7) is 0.423. The zero-order valence-electron chi connectivity index (χ0n) is 22.8. The lowest BCUT2D eigenvalue weighted by Crippen LogP contribution is -2.31. The third-order valence-corrected chi connectivity index (χ3v) is 7.85. The van der Waals surface area contributed by atoms with E-state index in [2.05, 4.69) is 20.5 Å². The Morgan fingerprint density at radius 2 is 1.61 bits per heavy atom. The van der Waals surface area contributed by atoms with Crippen molar-refractivity contribution in [3.05, 3.63) is 77.1 Å². The van der Waals surface area contributed by atoms with E-state index in [4.69, 9.17) is 14.7 Å². The van der Waals surface area contributed by atoms with Gasteiger partial charge in [0.25, 0.3) is 0 Å². The summed E-state index contributed by atoms with van der Waals surface area (Å²) in [6.07, 6.45) is 5.19. The maximum Gasteiger partial charge on any atom is 0.243 e. The molecule has 1 aliphatic rings. The fourth-order valence-electron chi connectivity index (χ4n) is 4.52. The molecule has 0 saturated carbocycles. The summed E-state index contributed by atoms with van der Waals surface area (Å²) in [5.41, 5.74) is 5.36. The molecule has 41 heavy (non-hydrogen) atoms. The molecule has 0 spiro atoms. The average Bonchev–Trinajstić information content (AvgIpc) is 3.54. The third-order valence-electron chi connectivity index (χ3n) is 6.84. The molecule has 2 heterocycles. The van der Waals surface area contributed by atoms with E-state index in [-0.39, 0.29) is 37.0 Å². The predicted molar refractivity (Wildman–Crippen MR) is 151 cm³/mol. The van der Waals surface area contributed by atoms with Gasteiger partial charge in [0.15, 0.2) is 11.4 Å². The van der Waals surface area contributed by atoms with E-state index in [0.29, 0.717) is 31.6 Å². The minimum absolute atomic E-state index is 0.00577. The Balaban J connectivity index is 1.29. The van der Waals surface area contributed by atoms with Crippen LogP contribution in [0, 0.1) is 0 Å². The Hall–Kier alpha value is -3.29. The number of thioether (sulfide) groups is 1. The SMILES string of the molecule is O=C(CCCCCCC(=O)NCc1ccc(C2OC(CSc3ncn[nH]3)CC(c3ccc(CO)cc3)O2)cc1)NO. The van der Waals surface area contributed by atoms with Crippen molar-refractivity contribution in [3.63, 3.8) is 0 Å². The summed E-state index contributed by atoms with van der Waals surface area (Å²) in [5, 5.41) is 28.4. The average molecular weight is 584 g/mol. The first-order valence-electron chi connectivity index (χ1n) is 13.8. The number of rotatable bonds is 15. The molecule has 3 atom stereocenters. The Morgan fingerprint density at radius 3 is 2.27 bits per heavy atom. The summed E-state index contributed by atoms with van der Waals surface area (Å²) in [4.78, 5) is 27.4. The van der Waals surface area contributed by atoms with Crippen LogP contribution < -0.4 is 10.8 Å². The Labute approximate surface area is 243 Å². The highest BCUT2D eigenvalue weighted by Crippen LogP contribution is 2.39. The Bertz CT molecular complexity index is 1210. The number of hydrogen-bond donors (Lipinski definition) is 5. The number of H-pyrrole nitrogens is 1. The summed E-state index contributed by atoms with van der Waals surface area (Å²) in [6, 6.07) is 15.6. The standard InChI is InChI=1S/C29H37N5O6S/c35-17-21-9-11-22(12-10-21)25-15-24(18-41-29-31-19-32-33-29)39-28(40-25)23-13-7-20(8-14-23)16-30-26(36)5-3-1-2-4-6-27(37)34-38/h7-14,19,24-25,28,35,38H,1-6,15-18H2,(H,30,36)(H,34,37)(H,31,32,33). The summed E-state index contributed by atoms with van der Waals surface area (Å²) in [7, 11) is 0. The third kappa shape index (κ3) is 9.94. The Morgan fingerprint density at radius 1 is 0.927 bits per heavy atom. The maximum absolute atomic E-state index is 12.2. The van der Waals surface area contributed by atoms with Gasteiger partial charge in [0, 0.05) is 37.1 Å². The smallest absolute Gasteiger partial charge is 0.243 e. The number of aromatic amines is 1. The number of carbonyl (C=O) groups is 2. The monoisotopic (exact) mass is 583 g/mol. The van der Waals surface area contributed by atoms with Gasteiger partial charge in [-0.25, -0.2) is 10.5 Å². The minimum atomic E-state index is -0.557. The molecule has 2 amide bonds. The van der Waals surface area contributed by atoms with Gasteiger partial charge >= 0.3 is 0 Å². The predicted octanol–water partition coefficient (Wildman–Crippen LogP) is 4.10. The van der Waals surface area contributed by atoms with E-state index >= 15 is 0 Å². The van der Waals surface area contributed by atoms with E-state index in [0.717, 1.165) is 46.7 Å². The molecule has 12 heteroatoms. The molecule has 11 nitrogen and oxygen atoms in total. The highest BCUT2D eigenvalue weighted by atomic mass is 32.2. The van der Waals surface area contributed by atoms with Gasteiger partial charge in [-0.15, -0.1) is 0 Å². The van der Waals surface area contributed by atoms with E-state index in [1.165, 1.54) is 6.33 Å². The number of carbonyl (C=O) groups excluding carboxylic acids is 2. The van der Waals surface area contributed by atoms with Crippen molar-refractivity contribution < 1.29 is 29.4 Å². The normalized spacial score (nSPS) is 18.6. The molecule has 1 aliphatic heterocycles. The van der Waals surface area contributed by atoms with E-state index in [1.807, 2.05) is 48.5 Å². The van der Waals surface area contributed by atoms with Crippen LogP contribution in [0.4, 0.5) is 0 Å². The second-order valence-electron chi connectivity index (χ2n) is 9.92. The second-order valence-corrected chi connectivity index (χ2v) is 10.9. The molecule has 1 fully saturated rings. The van der Waals surface area contributed by atoms with E-state index < -0.39 is 6.29 Å². The number of aromatic nitrogens is 3. The Kier molecular flexibility index (Phi) is 12.1. The topological polar surface area (TPSA) is 159 Å². The van der Waals surface area contributed by atoms with Crippen molar-refractivity contribution in [2.24, 2.45) is 0 Å². The fraction of sp³-hybridized carbons (Fsp3) is 0.448.